The Balaban J connectivity index is 1.96. The van der Waals surface area contributed by atoms with Gasteiger partial charge in [0.05, 0.1) is 10.7 Å². The van der Waals surface area contributed by atoms with Crippen molar-refractivity contribution in [3.05, 3.63) is 46.1 Å². The molecule has 0 saturated carbocycles. The van der Waals surface area contributed by atoms with Gasteiger partial charge in [-0.2, -0.15) is 0 Å². The first-order chi connectivity index (χ1) is 9.47. The summed E-state index contributed by atoms with van der Waals surface area (Å²) in [4.78, 5) is 23.4. The molecule has 0 aliphatic heterocycles. The number of amides is 1. The maximum atomic E-state index is 11.8. The summed E-state index contributed by atoms with van der Waals surface area (Å²) < 4.78 is 2.93. The van der Waals surface area contributed by atoms with E-state index in [1.165, 1.54) is 9.13 Å². The summed E-state index contributed by atoms with van der Waals surface area (Å²) in [7, 11) is 1.66. The van der Waals surface area contributed by atoms with Crippen molar-refractivity contribution in [2.75, 3.05) is 11.1 Å². The van der Waals surface area contributed by atoms with Gasteiger partial charge in [-0.15, -0.1) is 0 Å². The molecule has 1 aromatic heterocycles. The number of carbonyl (C=O) groups is 1. The minimum absolute atomic E-state index is 0.150. The second-order valence-electron chi connectivity index (χ2n) is 4.42. The van der Waals surface area contributed by atoms with Gasteiger partial charge < -0.3 is 15.6 Å². The van der Waals surface area contributed by atoms with Crippen molar-refractivity contribution >= 4 is 28.9 Å². The average Bonchev–Trinajstić information content (AvgIpc) is 2.71. The molecule has 3 N–H and O–H groups in total. The van der Waals surface area contributed by atoms with E-state index in [4.69, 9.17) is 17.3 Å². The second kappa shape index (κ2) is 5.83. The smallest absolute Gasteiger partial charge is 0.327 e. The van der Waals surface area contributed by atoms with Crippen LogP contribution in [-0.4, -0.2) is 15.0 Å². The molecule has 0 bridgehead atoms. The van der Waals surface area contributed by atoms with Crippen LogP contribution in [0.3, 0.4) is 0 Å². The fourth-order valence-electron chi connectivity index (χ4n) is 1.75. The van der Waals surface area contributed by atoms with Crippen LogP contribution >= 0.6 is 11.6 Å². The van der Waals surface area contributed by atoms with Crippen LogP contribution in [0, 0.1) is 0 Å². The fourth-order valence-corrected chi connectivity index (χ4v) is 1.98. The third-order valence-electron chi connectivity index (χ3n) is 2.86. The van der Waals surface area contributed by atoms with Crippen LogP contribution < -0.4 is 16.7 Å². The van der Waals surface area contributed by atoms with Crippen LogP contribution in [0.1, 0.15) is 6.42 Å². The number of carbonyl (C=O) groups excluding carboxylic acids is 1. The summed E-state index contributed by atoms with van der Waals surface area (Å²) in [6, 6.07) is 4.87. The van der Waals surface area contributed by atoms with Gasteiger partial charge in [-0.3, -0.25) is 9.36 Å². The molecule has 1 heterocycles. The van der Waals surface area contributed by atoms with Crippen molar-refractivity contribution < 1.29 is 4.79 Å². The predicted octanol–water partition coefficient (Wildman–Crippen LogP) is 1.45. The lowest BCUT2D eigenvalue weighted by molar-refractivity contribution is -0.116. The van der Waals surface area contributed by atoms with Crippen LogP contribution in [0.25, 0.3) is 0 Å². The number of aryl methyl sites for hydroxylation is 2. The van der Waals surface area contributed by atoms with E-state index in [-0.39, 0.29) is 18.0 Å². The van der Waals surface area contributed by atoms with Crippen LogP contribution in [0.5, 0.6) is 0 Å². The highest BCUT2D eigenvalue weighted by Crippen LogP contribution is 2.24. The number of nitrogens with two attached hydrogens (primary N) is 1. The van der Waals surface area contributed by atoms with E-state index in [1.807, 2.05) is 0 Å². The van der Waals surface area contributed by atoms with E-state index in [1.54, 1.807) is 37.6 Å². The maximum Gasteiger partial charge on any atom is 0.327 e. The number of hydrogen-bond acceptors (Lipinski definition) is 3. The number of hydrogen-bond donors (Lipinski definition) is 2. The Kier molecular flexibility index (Phi) is 4.14. The zero-order valence-electron chi connectivity index (χ0n) is 11.0. The lowest BCUT2D eigenvalue weighted by Gasteiger charge is -2.08. The van der Waals surface area contributed by atoms with Crippen molar-refractivity contribution in [1.29, 1.82) is 0 Å². The number of anilines is 2. The number of benzene rings is 1. The first-order valence-corrected chi connectivity index (χ1v) is 6.42. The molecule has 0 aliphatic carbocycles. The molecule has 0 aliphatic rings. The van der Waals surface area contributed by atoms with Gasteiger partial charge in [0.1, 0.15) is 0 Å². The maximum absolute atomic E-state index is 11.8. The van der Waals surface area contributed by atoms with E-state index in [2.05, 4.69) is 5.32 Å². The second-order valence-corrected chi connectivity index (χ2v) is 4.83. The molecular weight excluding hydrogens is 280 g/mol. The number of nitrogen functional groups attached to an aromatic ring is 1. The number of rotatable bonds is 4. The summed E-state index contributed by atoms with van der Waals surface area (Å²) in [6.07, 6.45) is 3.48. The zero-order chi connectivity index (χ0) is 14.7. The van der Waals surface area contributed by atoms with E-state index in [0.717, 1.165) is 0 Å². The van der Waals surface area contributed by atoms with Gasteiger partial charge in [-0.25, -0.2) is 4.79 Å². The highest BCUT2D eigenvalue weighted by molar-refractivity contribution is 6.34. The minimum atomic E-state index is -0.215. The number of nitrogens with zero attached hydrogens (tertiary/aromatic N) is 2. The van der Waals surface area contributed by atoms with Gasteiger partial charge in [0.15, 0.2) is 0 Å². The number of nitrogens with one attached hydrogen (secondary N) is 1. The van der Waals surface area contributed by atoms with Crippen molar-refractivity contribution in [2.45, 2.75) is 13.0 Å². The minimum Gasteiger partial charge on any atom is -0.399 e. The Morgan fingerprint density at radius 1 is 1.40 bits per heavy atom. The third kappa shape index (κ3) is 3.21. The largest absolute Gasteiger partial charge is 0.399 e. The first kappa shape index (κ1) is 14.2. The molecule has 0 radical (unpaired) electrons. The molecule has 106 valence electrons. The standard InChI is InChI=1S/C13H15ClN4O2/c1-17-6-7-18(13(17)20)5-4-12(19)16-11-3-2-9(15)8-10(11)14/h2-3,6-8H,4-5,15H2,1H3,(H,16,19). The monoisotopic (exact) mass is 294 g/mol. The Hall–Kier alpha value is -2.21. The van der Waals surface area contributed by atoms with Gasteiger partial charge in [-0.1, -0.05) is 11.6 Å². The highest BCUT2D eigenvalue weighted by atomic mass is 35.5. The quantitative estimate of drug-likeness (QED) is 0.837. The molecule has 1 aromatic carbocycles. The number of aromatic nitrogens is 2. The molecule has 6 nitrogen and oxygen atoms in total. The lowest BCUT2D eigenvalue weighted by atomic mass is 10.2. The van der Waals surface area contributed by atoms with Crippen LogP contribution in [0.15, 0.2) is 35.4 Å². The Morgan fingerprint density at radius 3 is 2.75 bits per heavy atom. The molecule has 2 aromatic rings. The first-order valence-electron chi connectivity index (χ1n) is 6.04. The molecule has 0 atom stereocenters. The van der Waals surface area contributed by atoms with Gasteiger partial charge in [0, 0.05) is 38.1 Å². The Labute approximate surface area is 120 Å². The summed E-state index contributed by atoms with van der Waals surface area (Å²) in [5.41, 5.74) is 6.46. The SMILES string of the molecule is Cn1ccn(CCC(=O)Nc2ccc(N)cc2Cl)c1=O. The van der Waals surface area contributed by atoms with Crippen molar-refractivity contribution in [3.8, 4) is 0 Å². The summed E-state index contributed by atoms with van der Waals surface area (Å²) in [5, 5.41) is 3.07. The highest BCUT2D eigenvalue weighted by Gasteiger charge is 2.07. The van der Waals surface area contributed by atoms with Crippen molar-refractivity contribution in [3.63, 3.8) is 0 Å². The molecular formula is C13H15ClN4O2. The van der Waals surface area contributed by atoms with Crippen molar-refractivity contribution in [1.82, 2.24) is 9.13 Å². The van der Waals surface area contributed by atoms with Crippen LogP contribution in [0.4, 0.5) is 11.4 Å². The molecule has 0 spiro atoms. The van der Waals surface area contributed by atoms with E-state index in [0.29, 0.717) is 22.9 Å². The summed E-state index contributed by atoms with van der Waals surface area (Å²) >= 11 is 5.97. The van der Waals surface area contributed by atoms with Crippen LogP contribution in [0.2, 0.25) is 5.02 Å². The van der Waals surface area contributed by atoms with Gasteiger partial charge in [0.25, 0.3) is 0 Å². The number of halogens is 1. The van der Waals surface area contributed by atoms with E-state index >= 15 is 0 Å². The number of imidazole rings is 1. The molecule has 0 fully saturated rings. The third-order valence-corrected chi connectivity index (χ3v) is 3.18. The summed E-state index contributed by atoms with van der Waals surface area (Å²) in [6.45, 7) is 0.318. The average molecular weight is 295 g/mol. The van der Waals surface area contributed by atoms with Gasteiger partial charge >= 0.3 is 5.69 Å². The Bertz CT molecular complexity index is 690. The van der Waals surface area contributed by atoms with E-state index < -0.39 is 0 Å². The van der Waals surface area contributed by atoms with E-state index in [9.17, 15) is 9.59 Å². The lowest BCUT2D eigenvalue weighted by Crippen LogP contribution is -2.24. The Morgan fingerprint density at radius 2 is 2.15 bits per heavy atom. The predicted molar refractivity (Wildman–Crippen MR) is 78.8 cm³/mol. The normalized spacial score (nSPS) is 10.5. The van der Waals surface area contributed by atoms with Gasteiger partial charge in [-0.05, 0) is 18.2 Å². The molecule has 0 unspecified atom stereocenters. The zero-order valence-corrected chi connectivity index (χ0v) is 11.7. The summed E-state index contributed by atoms with van der Waals surface area (Å²) in [5.74, 6) is -0.215. The molecule has 2 rings (SSSR count). The molecule has 20 heavy (non-hydrogen) atoms. The van der Waals surface area contributed by atoms with Crippen LogP contribution in [-0.2, 0) is 18.4 Å². The fraction of sp³-hybridized carbons (Fsp3) is 0.231. The van der Waals surface area contributed by atoms with Gasteiger partial charge in [0.2, 0.25) is 5.91 Å². The molecule has 0 saturated heterocycles. The molecule has 7 heteroatoms. The van der Waals surface area contributed by atoms with Crippen molar-refractivity contribution in [2.24, 2.45) is 7.05 Å². The topological polar surface area (TPSA) is 82.1 Å². The molecule has 1 amide bonds.